The number of benzene rings is 1. The highest BCUT2D eigenvalue weighted by Gasteiger charge is 2.41. The summed E-state index contributed by atoms with van der Waals surface area (Å²) in [4.78, 5) is 6.79. The van der Waals surface area contributed by atoms with Crippen molar-refractivity contribution >= 4 is 6.21 Å². The van der Waals surface area contributed by atoms with Crippen molar-refractivity contribution in [2.75, 3.05) is 26.7 Å². The molecule has 0 bridgehead atoms. The monoisotopic (exact) mass is 405 g/mol. The van der Waals surface area contributed by atoms with Gasteiger partial charge in [-0.05, 0) is 72.9 Å². The van der Waals surface area contributed by atoms with Crippen LogP contribution in [0.4, 0.5) is 4.39 Å². The number of rotatable bonds is 7. The second-order valence-corrected chi connectivity index (χ2v) is 8.32. The molecule has 0 amide bonds. The molecule has 4 heteroatoms. The number of fused-ring (bicyclic) bond motifs is 1. The minimum atomic E-state index is -0.191. The third kappa shape index (κ3) is 5.06. The van der Waals surface area contributed by atoms with Crippen LogP contribution in [0.3, 0.4) is 0 Å². The molecular formula is C26H32FN3. The average Bonchev–Trinajstić information content (AvgIpc) is 2.71. The number of hydrogen-bond acceptors (Lipinski definition) is 3. The molecule has 1 saturated heterocycles. The fourth-order valence-electron chi connectivity index (χ4n) is 4.76. The van der Waals surface area contributed by atoms with Gasteiger partial charge in [-0.15, -0.1) is 0 Å². The van der Waals surface area contributed by atoms with E-state index in [4.69, 9.17) is 5.73 Å². The van der Waals surface area contributed by atoms with Gasteiger partial charge in [0.15, 0.2) is 0 Å². The van der Waals surface area contributed by atoms with E-state index in [0.29, 0.717) is 0 Å². The highest BCUT2D eigenvalue weighted by Crippen LogP contribution is 2.47. The second-order valence-electron chi connectivity index (χ2n) is 8.32. The summed E-state index contributed by atoms with van der Waals surface area (Å²) in [5.74, 6) is -0.191. The Kier molecular flexibility index (Phi) is 7.22. The number of nitrogens with two attached hydrogens (primary N) is 1. The number of likely N-dealkylation sites (tertiary alicyclic amines) is 1. The zero-order valence-corrected chi connectivity index (χ0v) is 18.1. The van der Waals surface area contributed by atoms with Gasteiger partial charge in [-0.3, -0.25) is 9.89 Å². The molecule has 1 unspecified atom stereocenters. The molecule has 2 N–H and O–H groups in total. The highest BCUT2D eigenvalue weighted by atomic mass is 19.1. The summed E-state index contributed by atoms with van der Waals surface area (Å²) in [5, 5.41) is 0. The van der Waals surface area contributed by atoms with Crippen LogP contribution >= 0.6 is 0 Å². The van der Waals surface area contributed by atoms with Crippen LogP contribution < -0.4 is 5.73 Å². The second kappa shape index (κ2) is 9.86. The lowest BCUT2D eigenvalue weighted by Crippen LogP contribution is -2.48. The Morgan fingerprint density at radius 3 is 2.77 bits per heavy atom. The molecule has 1 aromatic rings. The summed E-state index contributed by atoms with van der Waals surface area (Å²) in [6.45, 7) is 8.78. The number of piperidine rings is 1. The molecule has 1 heterocycles. The lowest BCUT2D eigenvalue weighted by atomic mass is 9.64. The van der Waals surface area contributed by atoms with Gasteiger partial charge in [0.25, 0.3) is 0 Å². The Balaban J connectivity index is 1.94. The minimum absolute atomic E-state index is 0.0160. The number of hydrogen-bond donors (Lipinski definition) is 1. The first-order valence-corrected chi connectivity index (χ1v) is 10.5. The van der Waals surface area contributed by atoms with E-state index in [1.165, 1.54) is 22.3 Å². The molecule has 1 fully saturated rings. The predicted molar refractivity (Wildman–Crippen MR) is 125 cm³/mol. The molecule has 1 aliphatic carbocycles. The fraction of sp³-hybridized carbons (Fsp3) is 0.346. The third-order valence-corrected chi connectivity index (χ3v) is 6.12. The largest absolute Gasteiger partial charge is 0.405 e. The summed E-state index contributed by atoms with van der Waals surface area (Å²) in [7, 11) is 1.82. The van der Waals surface area contributed by atoms with Crippen molar-refractivity contribution in [2.45, 2.75) is 26.2 Å². The Hall–Kier alpha value is -2.72. The first kappa shape index (κ1) is 22.0. The maximum absolute atomic E-state index is 13.5. The SMILES string of the molecule is C=C/C=C(\C=C/N)CN1CCC2=CC(C)=C(/C=N\C)CC2(Cc2ccc(F)cc2)C1. The first-order chi connectivity index (χ1) is 14.5. The summed E-state index contributed by atoms with van der Waals surface area (Å²) in [6, 6.07) is 6.95. The fourth-order valence-corrected chi connectivity index (χ4v) is 4.76. The third-order valence-electron chi connectivity index (χ3n) is 6.12. The van der Waals surface area contributed by atoms with Gasteiger partial charge < -0.3 is 5.73 Å². The van der Waals surface area contributed by atoms with Gasteiger partial charge in [0.1, 0.15) is 5.82 Å². The number of aliphatic imine (C=N–C) groups is 1. The van der Waals surface area contributed by atoms with E-state index >= 15 is 0 Å². The van der Waals surface area contributed by atoms with Crippen LogP contribution in [0.5, 0.6) is 0 Å². The molecule has 1 aliphatic heterocycles. The summed E-state index contributed by atoms with van der Waals surface area (Å²) in [6.07, 6.45) is 14.6. The topological polar surface area (TPSA) is 41.6 Å². The quantitative estimate of drug-likeness (QED) is 0.513. The van der Waals surface area contributed by atoms with E-state index in [-0.39, 0.29) is 11.2 Å². The number of halogens is 1. The van der Waals surface area contributed by atoms with E-state index < -0.39 is 0 Å². The number of nitrogens with zero attached hydrogens (tertiary/aromatic N) is 2. The maximum Gasteiger partial charge on any atom is 0.123 e. The van der Waals surface area contributed by atoms with Crippen molar-refractivity contribution < 1.29 is 4.39 Å². The van der Waals surface area contributed by atoms with Gasteiger partial charge in [0.2, 0.25) is 0 Å². The molecular weight excluding hydrogens is 373 g/mol. The van der Waals surface area contributed by atoms with Gasteiger partial charge in [-0.2, -0.15) is 0 Å². The normalized spacial score (nSPS) is 23.2. The van der Waals surface area contributed by atoms with E-state index in [9.17, 15) is 4.39 Å². The highest BCUT2D eigenvalue weighted by molar-refractivity contribution is 5.81. The predicted octanol–water partition coefficient (Wildman–Crippen LogP) is 4.99. The molecule has 158 valence electrons. The molecule has 1 aromatic carbocycles. The lowest BCUT2D eigenvalue weighted by molar-refractivity contribution is 0.148. The zero-order valence-electron chi connectivity index (χ0n) is 18.1. The molecule has 1 atom stereocenters. The molecule has 3 nitrogen and oxygen atoms in total. The lowest BCUT2D eigenvalue weighted by Gasteiger charge is -2.47. The first-order valence-electron chi connectivity index (χ1n) is 10.5. The molecule has 0 spiro atoms. The number of allylic oxidation sites excluding steroid dienone is 5. The Morgan fingerprint density at radius 2 is 2.10 bits per heavy atom. The van der Waals surface area contributed by atoms with Crippen molar-refractivity contribution in [2.24, 2.45) is 16.1 Å². The van der Waals surface area contributed by atoms with Crippen molar-refractivity contribution in [3.63, 3.8) is 0 Å². The maximum atomic E-state index is 13.5. The summed E-state index contributed by atoms with van der Waals surface area (Å²) < 4.78 is 13.5. The van der Waals surface area contributed by atoms with Crippen LogP contribution in [-0.4, -0.2) is 37.8 Å². The van der Waals surface area contributed by atoms with Crippen molar-refractivity contribution in [3.05, 3.63) is 95.0 Å². The van der Waals surface area contributed by atoms with Crippen LogP contribution in [0.1, 0.15) is 25.3 Å². The molecule has 2 aliphatic rings. The Bertz CT molecular complexity index is 918. The molecule has 3 rings (SSSR count). The summed E-state index contributed by atoms with van der Waals surface area (Å²) in [5.41, 5.74) is 12.0. The van der Waals surface area contributed by atoms with Gasteiger partial charge in [0, 0.05) is 38.3 Å². The van der Waals surface area contributed by atoms with E-state index in [2.05, 4.69) is 29.5 Å². The smallest absolute Gasteiger partial charge is 0.123 e. The van der Waals surface area contributed by atoms with E-state index in [1.807, 2.05) is 37.5 Å². The Labute approximate surface area is 179 Å². The van der Waals surface area contributed by atoms with Crippen molar-refractivity contribution in [1.29, 1.82) is 0 Å². The molecule has 30 heavy (non-hydrogen) atoms. The van der Waals surface area contributed by atoms with Crippen LogP contribution in [0.25, 0.3) is 0 Å². The Morgan fingerprint density at radius 1 is 1.33 bits per heavy atom. The molecule has 0 saturated carbocycles. The standard InChI is InChI=1S/C26H32FN3/c1-4-5-22(10-12-28)18-30-13-11-24-14-20(2)23(17-29-3)16-26(24,19-30)15-21-6-8-25(27)9-7-21/h4-10,12,14,17H,1,11,13,15-16,18-19,28H2,2-3H3/b12-10-,22-5+,29-17-. The van der Waals surface area contributed by atoms with Gasteiger partial charge in [-0.1, -0.05) is 42.5 Å². The van der Waals surface area contributed by atoms with E-state index in [1.54, 1.807) is 24.4 Å². The average molecular weight is 406 g/mol. The van der Waals surface area contributed by atoms with Crippen molar-refractivity contribution in [1.82, 2.24) is 4.90 Å². The van der Waals surface area contributed by atoms with Crippen LogP contribution in [-0.2, 0) is 6.42 Å². The van der Waals surface area contributed by atoms with Gasteiger partial charge in [-0.25, -0.2) is 4.39 Å². The minimum Gasteiger partial charge on any atom is -0.405 e. The summed E-state index contributed by atoms with van der Waals surface area (Å²) >= 11 is 0. The van der Waals surface area contributed by atoms with Gasteiger partial charge >= 0.3 is 0 Å². The van der Waals surface area contributed by atoms with Crippen LogP contribution in [0.2, 0.25) is 0 Å². The van der Waals surface area contributed by atoms with E-state index in [0.717, 1.165) is 44.5 Å². The molecule has 0 radical (unpaired) electrons. The van der Waals surface area contributed by atoms with Gasteiger partial charge in [0.05, 0.1) is 0 Å². The van der Waals surface area contributed by atoms with Crippen LogP contribution in [0.15, 0.2) is 88.6 Å². The van der Waals surface area contributed by atoms with Crippen molar-refractivity contribution in [3.8, 4) is 0 Å². The zero-order chi connectivity index (χ0) is 21.6. The molecule has 0 aromatic heterocycles. The van der Waals surface area contributed by atoms with Crippen LogP contribution in [0, 0.1) is 11.2 Å².